The molecule has 100 valence electrons. The predicted octanol–water partition coefficient (Wildman–Crippen LogP) is 4.89. The molecule has 0 amide bonds. The highest BCUT2D eigenvalue weighted by Crippen LogP contribution is 2.38. The Morgan fingerprint density at radius 1 is 0.850 bits per heavy atom. The Balaban J connectivity index is 2.00. The molecule has 2 aromatic carbocycles. The van der Waals surface area contributed by atoms with Crippen molar-refractivity contribution in [1.29, 1.82) is 0 Å². The van der Waals surface area contributed by atoms with Gasteiger partial charge in [-0.3, -0.25) is 4.79 Å². The maximum absolute atomic E-state index is 12.0. The molecule has 1 unspecified atom stereocenters. The van der Waals surface area contributed by atoms with E-state index in [2.05, 4.69) is 31.9 Å². The van der Waals surface area contributed by atoms with Crippen LogP contribution in [-0.2, 0) is 9.53 Å². The average molecular weight is 394 g/mol. The van der Waals surface area contributed by atoms with Gasteiger partial charge >= 0.3 is 5.97 Å². The zero-order valence-corrected chi connectivity index (χ0v) is 13.5. The molecule has 0 aliphatic carbocycles. The van der Waals surface area contributed by atoms with Crippen LogP contribution in [0, 0.1) is 0 Å². The molecule has 0 radical (unpaired) electrons. The standard InChI is InChI=1S/C16H10Br2O2/c17-12-5-1-10(2-6-12)14-9-20-16(19)15(14)11-3-7-13(18)8-4-11/h1-9,15H. The largest absolute Gasteiger partial charge is 0.433 e. The minimum absolute atomic E-state index is 0.231. The Kier molecular flexibility index (Phi) is 3.76. The smallest absolute Gasteiger partial charge is 0.322 e. The molecule has 0 saturated carbocycles. The van der Waals surface area contributed by atoms with Crippen LogP contribution in [0.1, 0.15) is 17.0 Å². The van der Waals surface area contributed by atoms with E-state index in [1.54, 1.807) is 6.26 Å². The Morgan fingerprint density at radius 2 is 1.40 bits per heavy atom. The summed E-state index contributed by atoms with van der Waals surface area (Å²) in [6.07, 6.45) is 1.55. The van der Waals surface area contributed by atoms with E-state index in [0.29, 0.717) is 0 Å². The summed E-state index contributed by atoms with van der Waals surface area (Å²) in [5.74, 6) is -0.588. The number of hydrogen-bond acceptors (Lipinski definition) is 2. The summed E-state index contributed by atoms with van der Waals surface area (Å²) in [5.41, 5.74) is 2.82. The number of cyclic esters (lactones) is 1. The van der Waals surface area contributed by atoms with Crippen LogP contribution in [0.25, 0.3) is 5.57 Å². The van der Waals surface area contributed by atoms with Crippen LogP contribution in [0.4, 0.5) is 0 Å². The molecule has 2 aromatic rings. The van der Waals surface area contributed by atoms with Gasteiger partial charge in [0, 0.05) is 14.5 Å². The molecule has 0 aromatic heterocycles. The molecule has 0 fully saturated rings. The topological polar surface area (TPSA) is 26.3 Å². The minimum Gasteiger partial charge on any atom is -0.433 e. The first-order chi connectivity index (χ1) is 9.65. The van der Waals surface area contributed by atoms with Gasteiger partial charge < -0.3 is 4.74 Å². The van der Waals surface area contributed by atoms with Crippen molar-refractivity contribution in [2.75, 3.05) is 0 Å². The van der Waals surface area contributed by atoms with E-state index in [1.165, 1.54) is 0 Å². The molecule has 2 nitrogen and oxygen atoms in total. The molecule has 1 heterocycles. The van der Waals surface area contributed by atoms with Gasteiger partial charge in [-0.1, -0.05) is 56.1 Å². The van der Waals surface area contributed by atoms with Gasteiger partial charge in [-0.25, -0.2) is 0 Å². The fraction of sp³-hybridized carbons (Fsp3) is 0.0625. The predicted molar refractivity (Wildman–Crippen MR) is 85.1 cm³/mol. The number of rotatable bonds is 2. The maximum atomic E-state index is 12.0. The number of esters is 1. The van der Waals surface area contributed by atoms with E-state index < -0.39 is 0 Å². The van der Waals surface area contributed by atoms with E-state index in [1.807, 2.05) is 48.5 Å². The second-order valence-corrected chi connectivity index (χ2v) is 6.33. The molecule has 1 aliphatic rings. The highest BCUT2D eigenvalue weighted by molar-refractivity contribution is 9.10. The molecule has 0 spiro atoms. The van der Waals surface area contributed by atoms with Gasteiger partial charge in [0.05, 0.1) is 6.26 Å². The summed E-state index contributed by atoms with van der Waals surface area (Å²) in [5, 5.41) is 0. The third-order valence-corrected chi connectivity index (χ3v) is 4.29. The molecular weight excluding hydrogens is 384 g/mol. The number of carbonyl (C=O) groups is 1. The Bertz CT molecular complexity index is 673. The highest BCUT2D eigenvalue weighted by Gasteiger charge is 2.32. The zero-order valence-electron chi connectivity index (χ0n) is 10.3. The van der Waals surface area contributed by atoms with Crippen molar-refractivity contribution in [3.05, 3.63) is 74.9 Å². The third kappa shape index (κ3) is 2.58. The second kappa shape index (κ2) is 5.54. The van der Waals surface area contributed by atoms with Crippen LogP contribution >= 0.6 is 31.9 Å². The molecule has 1 aliphatic heterocycles. The van der Waals surface area contributed by atoms with Gasteiger partial charge in [-0.15, -0.1) is 0 Å². The van der Waals surface area contributed by atoms with Crippen molar-refractivity contribution in [2.45, 2.75) is 5.92 Å². The molecule has 3 rings (SSSR count). The molecule has 0 saturated heterocycles. The van der Waals surface area contributed by atoms with Gasteiger partial charge in [-0.05, 0) is 35.4 Å². The van der Waals surface area contributed by atoms with E-state index in [4.69, 9.17) is 4.74 Å². The SMILES string of the molecule is O=C1OC=C(c2ccc(Br)cc2)C1c1ccc(Br)cc1. The number of hydrogen-bond donors (Lipinski definition) is 0. The lowest BCUT2D eigenvalue weighted by molar-refractivity contribution is -0.136. The first kappa shape index (κ1) is 13.6. The van der Waals surface area contributed by atoms with Crippen molar-refractivity contribution < 1.29 is 9.53 Å². The summed E-state index contributed by atoms with van der Waals surface area (Å²) in [7, 11) is 0. The van der Waals surface area contributed by atoms with Crippen LogP contribution in [0.3, 0.4) is 0 Å². The van der Waals surface area contributed by atoms with Gasteiger partial charge in [-0.2, -0.15) is 0 Å². The van der Waals surface area contributed by atoms with Crippen LogP contribution in [0.15, 0.2) is 63.7 Å². The molecular formula is C16H10Br2O2. The molecule has 1 atom stereocenters. The van der Waals surface area contributed by atoms with Crippen LogP contribution < -0.4 is 0 Å². The van der Waals surface area contributed by atoms with Crippen molar-refractivity contribution in [1.82, 2.24) is 0 Å². The van der Waals surface area contributed by atoms with Gasteiger partial charge in [0.2, 0.25) is 0 Å². The van der Waals surface area contributed by atoms with Crippen molar-refractivity contribution >= 4 is 43.4 Å². The summed E-state index contributed by atoms with van der Waals surface area (Å²) in [6, 6.07) is 15.6. The first-order valence-electron chi connectivity index (χ1n) is 6.07. The van der Waals surface area contributed by atoms with E-state index in [9.17, 15) is 4.79 Å². The fourth-order valence-electron chi connectivity index (χ4n) is 2.23. The number of ether oxygens (including phenoxy) is 1. The lowest BCUT2D eigenvalue weighted by atomic mass is 9.89. The number of carbonyl (C=O) groups excluding carboxylic acids is 1. The first-order valence-corrected chi connectivity index (χ1v) is 7.66. The number of halogens is 2. The van der Waals surface area contributed by atoms with E-state index in [0.717, 1.165) is 25.6 Å². The Labute approximate surface area is 133 Å². The van der Waals surface area contributed by atoms with E-state index >= 15 is 0 Å². The summed E-state index contributed by atoms with van der Waals surface area (Å²) in [6.45, 7) is 0. The minimum atomic E-state index is -0.357. The second-order valence-electron chi connectivity index (χ2n) is 4.50. The van der Waals surface area contributed by atoms with Crippen LogP contribution in [0.2, 0.25) is 0 Å². The number of benzene rings is 2. The van der Waals surface area contributed by atoms with Crippen molar-refractivity contribution in [2.24, 2.45) is 0 Å². The van der Waals surface area contributed by atoms with Gasteiger partial charge in [0.15, 0.2) is 0 Å². The highest BCUT2D eigenvalue weighted by atomic mass is 79.9. The normalized spacial score (nSPS) is 17.8. The van der Waals surface area contributed by atoms with Crippen LogP contribution in [-0.4, -0.2) is 5.97 Å². The molecule has 0 bridgehead atoms. The monoisotopic (exact) mass is 392 g/mol. The maximum Gasteiger partial charge on any atom is 0.322 e. The summed E-state index contributed by atoms with van der Waals surface area (Å²) in [4.78, 5) is 12.0. The van der Waals surface area contributed by atoms with Crippen LogP contribution in [0.5, 0.6) is 0 Å². The Hall–Kier alpha value is -1.39. The van der Waals surface area contributed by atoms with E-state index in [-0.39, 0.29) is 11.9 Å². The van der Waals surface area contributed by atoms with Gasteiger partial charge in [0.25, 0.3) is 0 Å². The summed E-state index contributed by atoms with van der Waals surface area (Å²) >= 11 is 6.81. The Morgan fingerprint density at radius 3 is 2.00 bits per heavy atom. The summed E-state index contributed by atoms with van der Waals surface area (Å²) < 4.78 is 7.12. The van der Waals surface area contributed by atoms with Crippen molar-refractivity contribution in [3.63, 3.8) is 0 Å². The van der Waals surface area contributed by atoms with Crippen molar-refractivity contribution in [3.8, 4) is 0 Å². The van der Waals surface area contributed by atoms with Gasteiger partial charge in [0.1, 0.15) is 5.92 Å². The lowest BCUT2D eigenvalue weighted by Gasteiger charge is -2.12. The lowest BCUT2D eigenvalue weighted by Crippen LogP contribution is -2.09. The molecule has 20 heavy (non-hydrogen) atoms. The molecule has 0 N–H and O–H groups in total. The third-order valence-electron chi connectivity index (χ3n) is 3.23. The quantitative estimate of drug-likeness (QED) is 0.678. The fourth-order valence-corrected chi connectivity index (χ4v) is 2.76. The molecule has 4 heteroatoms. The zero-order chi connectivity index (χ0) is 14.1. The average Bonchev–Trinajstić information content (AvgIpc) is 2.83.